The van der Waals surface area contributed by atoms with E-state index in [0.29, 0.717) is 11.3 Å². The monoisotopic (exact) mass is 196 g/mol. The van der Waals surface area contributed by atoms with Crippen molar-refractivity contribution in [2.24, 2.45) is 5.73 Å². The molecule has 0 saturated heterocycles. The summed E-state index contributed by atoms with van der Waals surface area (Å²) in [5, 5.41) is 17.4. The highest BCUT2D eigenvalue weighted by Gasteiger charge is 2.11. The Hall–Kier alpha value is -1.46. The third-order valence-electron chi connectivity index (χ3n) is 1.80. The number of aromatic nitrogens is 1. The standard InChI is InChI=1S/C9H12N2O3/c10-7(4-9(13)14)8-3-6(5-12)1-2-11-8/h1-3,7,12H,4-5,10H2,(H,13,14). The van der Waals surface area contributed by atoms with Gasteiger partial charge in [0, 0.05) is 6.20 Å². The maximum atomic E-state index is 10.4. The Morgan fingerprint density at radius 2 is 2.36 bits per heavy atom. The van der Waals surface area contributed by atoms with Gasteiger partial charge < -0.3 is 15.9 Å². The molecule has 0 amide bonds. The van der Waals surface area contributed by atoms with Crippen molar-refractivity contribution >= 4 is 5.97 Å². The van der Waals surface area contributed by atoms with Crippen molar-refractivity contribution in [1.29, 1.82) is 0 Å². The van der Waals surface area contributed by atoms with E-state index in [4.69, 9.17) is 15.9 Å². The summed E-state index contributed by atoms with van der Waals surface area (Å²) in [7, 11) is 0. The van der Waals surface area contributed by atoms with E-state index < -0.39 is 12.0 Å². The quantitative estimate of drug-likeness (QED) is 0.632. The predicted octanol–water partition coefficient (Wildman–Crippen LogP) is 0.0484. The summed E-state index contributed by atoms with van der Waals surface area (Å²) in [5.41, 5.74) is 6.76. The van der Waals surface area contributed by atoms with Crippen molar-refractivity contribution in [2.75, 3.05) is 0 Å². The van der Waals surface area contributed by atoms with Crippen LogP contribution in [0.4, 0.5) is 0 Å². The molecule has 0 aliphatic rings. The molecule has 0 aromatic carbocycles. The van der Waals surface area contributed by atoms with Crippen LogP contribution in [-0.2, 0) is 11.4 Å². The van der Waals surface area contributed by atoms with Crippen molar-refractivity contribution in [3.63, 3.8) is 0 Å². The molecular weight excluding hydrogens is 184 g/mol. The predicted molar refractivity (Wildman–Crippen MR) is 49.3 cm³/mol. The minimum Gasteiger partial charge on any atom is -0.481 e. The zero-order valence-electron chi connectivity index (χ0n) is 7.55. The fourth-order valence-corrected chi connectivity index (χ4v) is 1.09. The number of hydrogen-bond acceptors (Lipinski definition) is 4. The highest BCUT2D eigenvalue weighted by Crippen LogP contribution is 2.12. The molecule has 0 aliphatic heterocycles. The molecule has 14 heavy (non-hydrogen) atoms. The first-order valence-corrected chi connectivity index (χ1v) is 4.16. The Labute approximate surface area is 81.2 Å². The fraction of sp³-hybridized carbons (Fsp3) is 0.333. The average molecular weight is 196 g/mol. The summed E-state index contributed by atoms with van der Waals surface area (Å²) in [6.45, 7) is -0.102. The number of pyridine rings is 1. The van der Waals surface area contributed by atoms with Crippen LogP contribution in [0.15, 0.2) is 18.3 Å². The van der Waals surface area contributed by atoms with Gasteiger partial charge in [-0.05, 0) is 17.7 Å². The highest BCUT2D eigenvalue weighted by atomic mass is 16.4. The topological polar surface area (TPSA) is 96.4 Å². The first-order chi connectivity index (χ1) is 6.63. The van der Waals surface area contributed by atoms with Crippen molar-refractivity contribution in [2.45, 2.75) is 19.1 Å². The molecule has 1 aromatic rings. The average Bonchev–Trinajstić information content (AvgIpc) is 2.17. The second-order valence-corrected chi connectivity index (χ2v) is 2.95. The summed E-state index contributed by atoms with van der Waals surface area (Å²) >= 11 is 0. The van der Waals surface area contributed by atoms with E-state index in [1.54, 1.807) is 12.1 Å². The number of nitrogens with zero attached hydrogens (tertiary/aromatic N) is 1. The Morgan fingerprint density at radius 1 is 1.64 bits per heavy atom. The van der Waals surface area contributed by atoms with Gasteiger partial charge in [0.25, 0.3) is 0 Å². The van der Waals surface area contributed by atoms with Crippen LogP contribution in [0.25, 0.3) is 0 Å². The number of aliphatic carboxylic acids is 1. The van der Waals surface area contributed by atoms with Crippen LogP contribution in [0, 0.1) is 0 Å². The molecule has 5 heteroatoms. The van der Waals surface area contributed by atoms with E-state index in [0.717, 1.165) is 0 Å². The second-order valence-electron chi connectivity index (χ2n) is 2.95. The molecule has 0 spiro atoms. The van der Waals surface area contributed by atoms with Gasteiger partial charge in [0.05, 0.1) is 24.8 Å². The maximum Gasteiger partial charge on any atom is 0.305 e. The smallest absolute Gasteiger partial charge is 0.305 e. The Kier molecular flexibility index (Phi) is 3.55. The first-order valence-electron chi connectivity index (χ1n) is 4.16. The van der Waals surface area contributed by atoms with E-state index in [2.05, 4.69) is 4.98 Å². The zero-order chi connectivity index (χ0) is 10.6. The molecule has 0 aliphatic carbocycles. The minimum absolute atomic E-state index is 0.102. The van der Waals surface area contributed by atoms with Crippen molar-refractivity contribution < 1.29 is 15.0 Å². The van der Waals surface area contributed by atoms with Gasteiger partial charge >= 0.3 is 5.97 Å². The third-order valence-corrected chi connectivity index (χ3v) is 1.80. The molecule has 0 radical (unpaired) electrons. The molecule has 1 heterocycles. The summed E-state index contributed by atoms with van der Waals surface area (Å²) in [6.07, 6.45) is 1.34. The maximum absolute atomic E-state index is 10.4. The van der Waals surface area contributed by atoms with Gasteiger partial charge in [-0.3, -0.25) is 9.78 Å². The number of rotatable bonds is 4. The SMILES string of the molecule is NC(CC(=O)O)c1cc(CO)ccn1. The summed E-state index contributed by atoms with van der Waals surface area (Å²) in [6, 6.07) is 2.63. The number of nitrogens with two attached hydrogens (primary N) is 1. The first kappa shape index (κ1) is 10.6. The molecule has 0 fully saturated rings. The van der Waals surface area contributed by atoms with Crippen LogP contribution in [0.1, 0.15) is 23.7 Å². The van der Waals surface area contributed by atoms with E-state index in [9.17, 15) is 4.79 Å². The molecule has 1 rings (SSSR count). The van der Waals surface area contributed by atoms with Crippen LogP contribution in [0.3, 0.4) is 0 Å². The van der Waals surface area contributed by atoms with Crippen LogP contribution in [-0.4, -0.2) is 21.2 Å². The van der Waals surface area contributed by atoms with Crippen molar-refractivity contribution in [3.8, 4) is 0 Å². The second kappa shape index (κ2) is 4.69. The Morgan fingerprint density at radius 3 is 2.93 bits per heavy atom. The summed E-state index contributed by atoms with van der Waals surface area (Å²) < 4.78 is 0. The van der Waals surface area contributed by atoms with Crippen molar-refractivity contribution in [1.82, 2.24) is 4.98 Å². The van der Waals surface area contributed by atoms with Gasteiger partial charge in [0.2, 0.25) is 0 Å². The van der Waals surface area contributed by atoms with Gasteiger partial charge in [0.1, 0.15) is 0 Å². The molecule has 0 bridgehead atoms. The van der Waals surface area contributed by atoms with Crippen LogP contribution >= 0.6 is 0 Å². The molecule has 76 valence electrons. The molecule has 1 unspecified atom stereocenters. The van der Waals surface area contributed by atoms with E-state index >= 15 is 0 Å². The van der Waals surface area contributed by atoms with Crippen LogP contribution in [0.5, 0.6) is 0 Å². The van der Waals surface area contributed by atoms with Crippen LogP contribution in [0.2, 0.25) is 0 Å². The molecule has 5 nitrogen and oxygen atoms in total. The zero-order valence-corrected chi connectivity index (χ0v) is 7.55. The largest absolute Gasteiger partial charge is 0.481 e. The molecular formula is C9H12N2O3. The fourth-order valence-electron chi connectivity index (χ4n) is 1.09. The van der Waals surface area contributed by atoms with E-state index in [1.807, 2.05) is 0 Å². The van der Waals surface area contributed by atoms with Gasteiger partial charge in [0.15, 0.2) is 0 Å². The third kappa shape index (κ3) is 2.79. The van der Waals surface area contributed by atoms with Gasteiger partial charge in [-0.25, -0.2) is 0 Å². The minimum atomic E-state index is -0.964. The molecule has 1 aromatic heterocycles. The number of carboxylic acids is 1. The molecule has 4 N–H and O–H groups in total. The highest BCUT2D eigenvalue weighted by molar-refractivity contribution is 5.67. The summed E-state index contributed by atoms with van der Waals surface area (Å²) in [5.74, 6) is -0.964. The van der Waals surface area contributed by atoms with Gasteiger partial charge in [-0.15, -0.1) is 0 Å². The van der Waals surface area contributed by atoms with Crippen LogP contribution < -0.4 is 5.73 Å². The number of hydrogen-bond donors (Lipinski definition) is 3. The van der Waals surface area contributed by atoms with E-state index in [1.165, 1.54) is 6.20 Å². The van der Waals surface area contributed by atoms with Crippen molar-refractivity contribution in [3.05, 3.63) is 29.6 Å². The van der Waals surface area contributed by atoms with E-state index in [-0.39, 0.29) is 13.0 Å². The lowest BCUT2D eigenvalue weighted by molar-refractivity contribution is -0.137. The number of carboxylic acid groups (broad SMARTS) is 1. The lowest BCUT2D eigenvalue weighted by Crippen LogP contribution is -2.16. The van der Waals surface area contributed by atoms with Gasteiger partial charge in [-0.2, -0.15) is 0 Å². The molecule has 0 saturated carbocycles. The number of carbonyl (C=O) groups is 1. The summed E-state index contributed by atoms with van der Waals surface area (Å²) in [4.78, 5) is 14.3. The Bertz CT molecular complexity index is 328. The lowest BCUT2D eigenvalue weighted by Gasteiger charge is -2.08. The number of aliphatic hydroxyl groups is 1. The Balaban J connectivity index is 2.78. The lowest BCUT2D eigenvalue weighted by atomic mass is 10.1. The normalized spacial score (nSPS) is 12.4. The van der Waals surface area contributed by atoms with Gasteiger partial charge in [-0.1, -0.05) is 0 Å². The molecule has 1 atom stereocenters. The number of aliphatic hydroxyl groups excluding tert-OH is 1.